The summed E-state index contributed by atoms with van der Waals surface area (Å²) in [5.41, 5.74) is 5.56. The van der Waals surface area contributed by atoms with Crippen LogP contribution in [0.2, 0.25) is 0 Å². The first-order valence-corrected chi connectivity index (χ1v) is 24.1. The van der Waals surface area contributed by atoms with E-state index < -0.39 is 0 Å². The monoisotopic (exact) mass is 835 g/mol. The third-order valence-electron chi connectivity index (χ3n) is 9.23. The molecule has 0 saturated carbocycles. The number of aliphatic hydroxyl groups is 1. The van der Waals surface area contributed by atoms with Gasteiger partial charge < -0.3 is 10.1 Å². The van der Waals surface area contributed by atoms with Gasteiger partial charge in [-0.2, -0.15) is 11.8 Å². The highest BCUT2D eigenvalue weighted by molar-refractivity contribution is 7.98. The molecule has 0 spiro atoms. The zero-order valence-corrected chi connectivity index (χ0v) is 45.8. The normalized spacial score (nSPS) is 12.7. The topological polar surface area (TPSA) is 48.9 Å². The van der Waals surface area contributed by atoms with E-state index >= 15 is 0 Å². The molecule has 1 aromatic carbocycles. The van der Waals surface area contributed by atoms with E-state index in [0.29, 0.717) is 32.5 Å². The summed E-state index contributed by atoms with van der Waals surface area (Å²) in [6, 6.07) is 10.6. The lowest BCUT2D eigenvalue weighted by molar-refractivity contribution is 0.177. The van der Waals surface area contributed by atoms with Crippen molar-refractivity contribution in [2.45, 2.75) is 219 Å². The molecular formula is C54H110N2OS. The summed E-state index contributed by atoms with van der Waals surface area (Å²) in [4.78, 5) is 7.03. The molecule has 0 bridgehead atoms. The molecule has 348 valence electrons. The average molecular weight is 836 g/mol. The minimum absolute atomic E-state index is 0.0972. The van der Waals surface area contributed by atoms with E-state index in [4.69, 9.17) is 5.11 Å². The van der Waals surface area contributed by atoms with Crippen LogP contribution in [0.25, 0.3) is 0 Å². The van der Waals surface area contributed by atoms with E-state index in [1.807, 2.05) is 38.7 Å². The maximum absolute atomic E-state index is 8.40. The van der Waals surface area contributed by atoms with Gasteiger partial charge in [-0.1, -0.05) is 224 Å². The van der Waals surface area contributed by atoms with E-state index in [1.165, 1.54) is 36.3 Å². The summed E-state index contributed by atoms with van der Waals surface area (Å²) in [7, 11) is 0. The number of rotatable bonds is 6. The number of nitrogens with one attached hydrogen (secondary N) is 1. The lowest BCUT2D eigenvalue weighted by atomic mass is 9.81. The van der Waals surface area contributed by atoms with Crippen molar-refractivity contribution in [2.75, 3.05) is 18.6 Å². The Kier molecular flexibility index (Phi) is 35.8. The van der Waals surface area contributed by atoms with Crippen molar-refractivity contribution in [3.63, 3.8) is 0 Å². The molecular weight excluding hydrogens is 725 g/mol. The van der Waals surface area contributed by atoms with E-state index in [9.17, 15) is 0 Å². The number of aromatic nitrogens is 2. The Morgan fingerprint density at radius 3 is 1.19 bits per heavy atom. The highest BCUT2D eigenvalue weighted by Gasteiger charge is 2.17. The van der Waals surface area contributed by atoms with Gasteiger partial charge in [0.1, 0.15) is 0 Å². The van der Waals surface area contributed by atoms with Gasteiger partial charge in [0.25, 0.3) is 0 Å². The molecule has 4 heteroatoms. The number of nitrogens with zero attached hydrogens (tertiary/aromatic N) is 1. The molecule has 58 heavy (non-hydrogen) atoms. The molecule has 3 nitrogen and oxygen atoms in total. The van der Waals surface area contributed by atoms with Crippen molar-refractivity contribution in [2.24, 2.45) is 55.7 Å². The summed E-state index contributed by atoms with van der Waals surface area (Å²) >= 11 is 1.93. The van der Waals surface area contributed by atoms with Crippen molar-refractivity contribution < 1.29 is 5.11 Å². The van der Waals surface area contributed by atoms with Gasteiger partial charge in [0, 0.05) is 18.5 Å². The Morgan fingerprint density at radius 1 is 0.603 bits per heavy atom. The van der Waals surface area contributed by atoms with Crippen LogP contribution >= 0.6 is 11.8 Å². The second-order valence-electron chi connectivity index (χ2n) is 25.4. The van der Waals surface area contributed by atoms with Gasteiger partial charge in [-0.15, -0.1) is 0 Å². The van der Waals surface area contributed by atoms with Crippen LogP contribution in [0, 0.1) is 55.7 Å². The van der Waals surface area contributed by atoms with Gasteiger partial charge in [0.15, 0.2) is 0 Å². The molecule has 2 N–H and O–H groups in total. The Labute approximate surface area is 372 Å². The fraction of sp³-hybridized carbons (Fsp3) is 0.833. The van der Waals surface area contributed by atoms with Crippen LogP contribution in [0.1, 0.15) is 217 Å². The molecule has 0 unspecified atom stereocenters. The molecule has 0 amide bonds. The summed E-state index contributed by atoms with van der Waals surface area (Å²) in [6.45, 7) is 60.6. The summed E-state index contributed by atoms with van der Waals surface area (Å²) in [6.07, 6.45) is 11.9. The van der Waals surface area contributed by atoms with Gasteiger partial charge in [-0.3, -0.25) is 0 Å². The molecule has 1 atom stereocenters. The first-order valence-electron chi connectivity index (χ1n) is 22.7. The molecule has 1 aromatic heterocycles. The number of imidazole rings is 1. The minimum Gasteiger partial charge on any atom is -0.396 e. The van der Waals surface area contributed by atoms with Crippen molar-refractivity contribution in [3.05, 3.63) is 54.1 Å². The third kappa shape index (κ3) is 61.4. The molecule has 0 aliphatic rings. The molecule has 2 rings (SSSR count). The predicted molar refractivity (Wildman–Crippen MR) is 272 cm³/mol. The van der Waals surface area contributed by atoms with E-state index in [0.717, 1.165) is 30.6 Å². The number of benzene rings is 1. The van der Waals surface area contributed by atoms with Crippen molar-refractivity contribution in [3.8, 4) is 0 Å². The number of aromatic amines is 1. The highest BCUT2D eigenvalue weighted by atomic mass is 32.2. The maximum Gasteiger partial charge on any atom is 0.0921 e. The van der Waals surface area contributed by atoms with Crippen LogP contribution in [-0.4, -0.2) is 33.7 Å². The number of aliphatic hydroxyl groups excluding tert-OH is 1. The number of hydrogen-bond acceptors (Lipinski definition) is 3. The zero-order valence-electron chi connectivity index (χ0n) is 45.0. The van der Waals surface area contributed by atoms with Crippen LogP contribution in [0.4, 0.5) is 0 Å². The molecule has 0 aliphatic carbocycles. The summed E-state index contributed by atoms with van der Waals surface area (Å²) in [5.74, 6) is 3.79. The first-order chi connectivity index (χ1) is 25.6. The van der Waals surface area contributed by atoms with Crippen LogP contribution in [0.5, 0.6) is 0 Å². The van der Waals surface area contributed by atoms with Crippen molar-refractivity contribution >= 4 is 11.8 Å². The third-order valence-corrected chi connectivity index (χ3v) is 9.84. The highest BCUT2D eigenvalue weighted by Crippen LogP contribution is 2.27. The quantitative estimate of drug-likeness (QED) is 0.305. The van der Waals surface area contributed by atoms with E-state index in [-0.39, 0.29) is 12.0 Å². The van der Waals surface area contributed by atoms with Gasteiger partial charge in [-0.25, -0.2) is 4.98 Å². The number of thioether (sulfide) groups is 1. The van der Waals surface area contributed by atoms with Crippen LogP contribution in [0.15, 0.2) is 42.9 Å². The van der Waals surface area contributed by atoms with Gasteiger partial charge in [-0.05, 0) is 98.9 Å². The molecule has 0 aliphatic heterocycles. The van der Waals surface area contributed by atoms with E-state index in [2.05, 4.69) is 213 Å². The van der Waals surface area contributed by atoms with E-state index in [1.54, 1.807) is 6.33 Å². The molecule has 1 heterocycles. The van der Waals surface area contributed by atoms with Crippen LogP contribution in [-0.2, 0) is 12.8 Å². The lowest BCUT2D eigenvalue weighted by Crippen LogP contribution is -2.15. The smallest absolute Gasteiger partial charge is 0.0921 e. The molecule has 0 radical (unpaired) electrons. The van der Waals surface area contributed by atoms with Crippen LogP contribution in [0.3, 0.4) is 0 Å². The molecule has 2 aromatic rings. The standard InChI is InChI=1S/C11H16.C8H14N2.2C8H18.C7H16S.C7H16.C5H12O/c1-11(2,3)9-10-7-5-4-6-8-10;1-8(2,3)4-7-5-9-6-10-7;1-7(2)6-8(3,4)5;1-6-7(2)8(3,4)5;1-7(2,3)5-6-8-4;1-6(2)7(3,4)5;1-5(2,3)4-6/h4-8H,9H2,1-3H3;5-6H,4H2,1-3H3,(H,9,10);2*7H,6H2,1-5H3;5-6H2,1-4H3;6H,1-5H3;6H,4H2,1-3H3/t;;;7-;;;/m...1.../s1. The Balaban J connectivity index is -0.000000190. The molecule has 0 fully saturated rings. The summed E-state index contributed by atoms with van der Waals surface area (Å²) in [5, 5.41) is 8.40. The van der Waals surface area contributed by atoms with Crippen molar-refractivity contribution in [1.29, 1.82) is 0 Å². The fourth-order valence-electron chi connectivity index (χ4n) is 4.41. The lowest BCUT2D eigenvalue weighted by Gasteiger charge is -2.25. The average Bonchev–Trinajstić information content (AvgIpc) is 3.50. The molecule has 0 saturated heterocycles. The zero-order chi connectivity index (χ0) is 47.4. The Hall–Kier alpha value is -1.26. The minimum atomic E-state index is 0.0972. The summed E-state index contributed by atoms with van der Waals surface area (Å²) < 4.78 is 0. The van der Waals surface area contributed by atoms with Gasteiger partial charge in [0.05, 0.1) is 6.33 Å². The maximum atomic E-state index is 8.40. The van der Waals surface area contributed by atoms with Gasteiger partial charge >= 0.3 is 0 Å². The first kappa shape index (κ1) is 65.9. The van der Waals surface area contributed by atoms with Crippen molar-refractivity contribution in [1.82, 2.24) is 9.97 Å². The van der Waals surface area contributed by atoms with Gasteiger partial charge in [0.2, 0.25) is 0 Å². The largest absolute Gasteiger partial charge is 0.396 e. The van der Waals surface area contributed by atoms with Crippen LogP contribution < -0.4 is 0 Å². The second-order valence-corrected chi connectivity index (χ2v) is 26.4. The predicted octanol–water partition coefficient (Wildman–Crippen LogP) is 17.9. The Bertz CT molecular complexity index is 1130. The fourth-order valence-corrected chi connectivity index (χ4v) is 5.22. The number of hydrogen-bond donors (Lipinski definition) is 2. The number of H-pyrrole nitrogens is 1. The SMILES string of the molecule is CC(C)(C)CO.CC(C)(C)Cc1ccccc1.CC(C)(C)Cc1cnc[nH]1.CC(C)C(C)(C)C.CC(C)CC(C)(C)C.CC[C@@H](C)C(C)(C)C.CSCCC(C)(C)C. The Morgan fingerprint density at radius 2 is 1.02 bits per heavy atom. The second kappa shape index (κ2) is 31.6.